The second kappa shape index (κ2) is 2.70. The molecule has 1 fully saturated rings. The second-order valence-electron chi connectivity index (χ2n) is 3.17. The molecule has 0 aromatic carbocycles. The van der Waals surface area contributed by atoms with E-state index in [1.54, 1.807) is 6.26 Å². The average molecular weight is 151 g/mol. The van der Waals surface area contributed by atoms with Gasteiger partial charge in [-0.25, -0.2) is 0 Å². The number of rotatable bonds is 2. The highest BCUT2D eigenvalue weighted by atomic mass is 16.3. The van der Waals surface area contributed by atoms with Crippen molar-refractivity contribution in [2.24, 2.45) is 0 Å². The lowest BCUT2D eigenvalue weighted by atomic mass is 9.79. The monoisotopic (exact) mass is 151 g/mol. The molecular weight excluding hydrogens is 138 g/mol. The van der Waals surface area contributed by atoms with Gasteiger partial charge in [0.1, 0.15) is 5.76 Å². The Hall–Kier alpha value is -0.760. The molecule has 0 spiro atoms. The van der Waals surface area contributed by atoms with Crippen molar-refractivity contribution in [2.45, 2.75) is 24.8 Å². The third kappa shape index (κ3) is 1.18. The van der Waals surface area contributed by atoms with Crippen molar-refractivity contribution in [2.75, 3.05) is 7.05 Å². The van der Waals surface area contributed by atoms with E-state index in [4.69, 9.17) is 4.42 Å². The molecule has 1 heterocycles. The molecule has 0 atom stereocenters. The van der Waals surface area contributed by atoms with Gasteiger partial charge in [-0.15, -0.1) is 0 Å². The first-order valence-corrected chi connectivity index (χ1v) is 4.11. The fourth-order valence-corrected chi connectivity index (χ4v) is 1.61. The average Bonchev–Trinajstić information content (AvgIpc) is 2.37. The quantitative estimate of drug-likeness (QED) is 0.696. The van der Waals surface area contributed by atoms with Crippen molar-refractivity contribution >= 4 is 0 Å². The molecule has 60 valence electrons. The van der Waals surface area contributed by atoms with Crippen molar-refractivity contribution in [1.29, 1.82) is 0 Å². The fraction of sp³-hybridized carbons (Fsp3) is 0.556. The van der Waals surface area contributed by atoms with Crippen molar-refractivity contribution in [1.82, 2.24) is 5.32 Å². The molecule has 1 aliphatic rings. The minimum Gasteiger partial charge on any atom is -0.469 e. The molecule has 1 aliphatic carbocycles. The van der Waals surface area contributed by atoms with Crippen LogP contribution in [0.25, 0.3) is 0 Å². The Morgan fingerprint density at radius 2 is 2.36 bits per heavy atom. The normalized spacial score (nSPS) is 29.9. The Kier molecular flexibility index (Phi) is 1.70. The summed E-state index contributed by atoms with van der Waals surface area (Å²) < 4.78 is 5.30. The molecule has 0 radical (unpaired) electrons. The Labute approximate surface area is 66.6 Å². The Morgan fingerprint density at radius 1 is 1.55 bits per heavy atom. The van der Waals surface area contributed by atoms with Crippen LogP contribution in [0, 0.1) is 0 Å². The first-order valence-electron chi connectivity index (χ1n) is 4.11. The van der Waals surface area contributed by atoms with E-state index < -0.39 is 0 Å². The highest BCUT2D eigenvalue weighted by Crippen LogP contribution is 2.36. The van der Waals surface area contributed by atoms with Crippen LogP contribution in [-0.4, -0.2) is 13.1 Å². The molecule has 1 aromatic rings. The van der Waals surface area contributed by atoms with Crippen LogP contribution in [0.5, 0.6) is 0 Å². The molecule has 0 saturated heterocycles. The third-order valence-electron chi connectivity index (χ3n) is 2.49. The predicted molar refractivity (Wildman–Crippen MR) is 43.5 cm³/mol. The topological polar surface area (TPSA) is 25.2 Å². The van der Waals surface area contributed by atoms with Gasteiger partial charge in [-0.2, -0.15) is 0 Å². The summed E-state index contributed by atoms with van der Waals surface area (Å²) in [4.78, 5) is 0. The van der Waals surface area contributed by atoms with Gasteiger partial charge in [0.2, 0.25) is 0 Å². The zero-order valence-electron chi connectivity index (χ0n) is 6.71. The molecule has 1 aromatic heterocycles. The molecule has 1 N–H and O–H groups in total. The number of hydrogen-bond donors (Lipinski definition) is 1. The smallest absolute Gasteiger partial charge is 0.106 e. The van der Waals surface area contributed by atoms with Crippen molar-refractivity contribution in [3.63, 3.8) is 0 Å². The van der Waals surface area contributed by atoms with Gasteiger partial charge in [-0.05, 0) is 32.0 Å². The largest absolute Gasteiger partial charge is 0.469 e. The van der Waals surface area contributed by atoms with Crippen LogP contribution in [0.2, 0.25) is 0 Å². The van der Waals surface area contributed by atoms with E-state index in [0.29, 0.717) is 12.0 Å². The van der Waals surface area contributed by atoms with Crippen LogP contribution in [0.1, 0.15) is 24.5 Å². The fourth-order valence-electron chi connectivity index (χ4n) is 1.61. The highest BCUT2D eigenvalue weighted by molar-refractivity contribution is 5.11. The van der Waals surface area contributed by atoms with Gasteiger partial charge >= 0.3 is 0 Å². The summed E-state index contributed by atoms with van der Waals surface area (Å²) in [7, 11) is 2.02. The van der Waals surface area contributed by atoms with Crippen LogP contribution in [0.4, 0.5) is 0 Å². The molecule has 1 saturated carbocycles. The van der Waals surface area contributed by atoms with E-state index in [-0.39, 0.29) is 0 Å². The van der Waals surface area contributed by atoms with Gasteiger partial charge in [0.25, 0.3) is 0 Å². The number of furan rings is 1. The summed E-state index contributed by atoms with van der Waals surface area (Å²) in [5.74, 6) is 1.82. The molecule has 0 bridgehead atoms. The van der Waals surface area contributed by atoms with Crippen LogP contribution in [0.3, 0.4) is 0 Å². The predicted octanol–water partition coefficient (Wildman–Crippen LogP) is 1.74. The molecule has 2 rings (SSSR count). The van der Waals surface area contributed by atoms with E-state index in [1.807, 2.05) is 13.1 Å². The summed E-state index contributed by atoms with van der Waals surface area (Å²) in [6.07, 6.45) is 4.20. The van der Waals surface area contributed by atoms with Crippen molar-refractivity contribution < 1.29 is 4.42 Å². The molecule has 0 unspecified atom stereocenters. The lowest BCUT2D eigenvalue weighted by molar-refractivity contribution is 0.271. The lowest BCUT2D eigenvalue weighted by Gasteiger charge is -2.33. The standard InChI is InChI=1S/C9H13NO/c1-10-8-5-7(6-8)9-3-2-4-11-9/h2-4,7-8,10H,5-6H2,1H3. The lowest BCUT2D eigenvalue weighted by Crippen LogP contribution is -2.37. The third-order valence-corrected chi connectivity index (χ3v) is 2.49. The Balaban J connectivity index is 1.92. The van der Waals surface area contributed by atoms with Crippen molar-refractivity contribution in [3.8, 4) is 0 Å². The minimum absolute atomic E-state index is 0.669. The molecule has 0 aliphatic heterocycles. The van der Waals surface area contributed by atoms with Crippen LogP contribution >= 0.6 is 0 Å². The first kappa shape index (κ1) is 6.92. The van der Waals surface area contributed by atoms with Crippen LogP contribution in [-0.2, 0) is 0 Å². The van der Waals surface area contributed by atoms with Crippen LogP contribution in [0.15, 0.2) is 22.8 Å². The maximum absolute atomic E-state index is 5.30. The van der Waals surface area contributed by atoms with E-state index in [0.717, 1.165) is 5.76 Å². The Morgan fingerprint density at radius 3 is 2.91 bits per heavy atom. The van der Waals surface area contributed by atoms with Crippen molar-refractivity contribution in [3.05, 3.63) is 24.2 Å². The van der Waals surface area contributed by atoms with Gasteiger partial charge in [0.05, 0.1) is 6.26 Å². The van der Waals surface area contributed by atoms with E-state index in [2.05, 4.69) is 11.4 Å². The molecule has 2 nitrogen and oxygen atoms in total. The molecule has 0 amide bonds. The van der Waals surface area contributed by atoms with Crippen LogP contribution < -0.4 is 5.32 Å². The van der Waals surface area contributed by atoms with Gasteiger partial charge < -0.3 is 9.73 Å². The number of hydrogen-bond acceptors (Lipinski definition) is 2. The minimum atomic E-state index is 0.669. The summed E-state index contributed by atoms with van der Waals surface area (Å²) in [5, 5.41) is 3.25. The zero-order chi connectivity index (χ0) is 7.68. The summed E-state index contributed by atoms with van der Waals surface area (Å²) in [6, 6.07) is 4.74. The first-order chi connectivity index (χ1) is 5.40. The molecular formula is C9H13NO. The van der Waals surface area contributed by atoms with Gasteiger partial charge in [-0.3, -0.25) is 0 Å². The highest BCUT2D eigenvalue weighted by Gasteiger charge is 2.30. The van der Waals surface area contributed by atoms with Gasteiger partial charge in [0, 0.05) is 12.0 Å². The van der Waals surface area contributed by atoms with Gasteiger partial charge in [-0.1, -0.05) is 0 Å². The summed E-state index contributed by atoms with van der Waals surface area (Å²) in [6.45, 7) is 0. The molecule has 2 heteroatoms. The summed E-state index contributed by atoms with van der Waals surface area (Å²) in [5.41, 5.74) is 0. The van der Waals surface area contributed by atoms with E-state index in [9.17, 15) is 0 Å². The van der Waals surface area contributed by atoms with E-state index in [1.165, 1.54) is 12.8 Å². The Bertz CT molecular complexity index is 211. The zero-order valence-corrected chi connectivity index (χ0v) is 6.71. The van der Waals surface area contributed by atoms with E-state index >= 15 is 0 Å². The maximum Gasteiger partial charge on any atom is 0.106 e. The number of nitrogens with one attached hydrogen (secondary N) is 1. The second-order valence-corrected chi connectivity index (χ2v) is 3.17. The molecule has 11 heavy (non-hydrogen) atoms. The summed E-state index contributed by atoms with van der Waals surface area (Å²) >= 11 is 0. The maximum atomic E-state index is 5.30. The SMILES string of the molecule is CNC1CC(c2ccco2)C1. The van der Waals surface area contributed by atoms with Gasteiger partial charge in [0.15, 0.2) is 0 Å².